The smallest absolute Gasteiger partial charge is 0.0739 e. The summed E-state index contributed by atoms with van der Waals surface area (Å²) < 4.78 is 3.15. The van der Waals surface area contributed by atoms with Crippen LogP contribution in [0.1, 0.15) is 11.4 Å². The highest BCUT2D eigenvalue weighted by molar-refractivity contribution is 9.10. The van der Waals surface area contributed by atoms with Crippen LogP contribution in [0.4, 0.5) is 0 Å². The lowest BCUT2D eigenvalue weighted by molar-refractivity contribution is 0.130. The van der Waals surface area contributed by atoms with Crippen molar-refractivity contribution in [2.45, 2.75) is 13.5 Å². The van der Waals surface area contributed by atoms with Gasteiger partial charge in [-0.25, -0.2) is 0 Å². The van der Waals surface area contributed by atoms with Crippen LogP contribution in [-0.4, -0.2) is 57.6 Å². The molecule has 0 radical (unpaired) electrons. The molecular weight excluding hydrogens is 360 g/mol. The van der Waals surface area contributed by atoms with E-state index in [-0.39, 0.29) is 0 Å². The van der Waals surface area contributed by atoms with Crippen molar-refractivity contribution < 1.29 is 0 Å². The molecule has 18 heavy (non-hydrogen) atoms. The van der Waals surface area contributed by atoms with Gasteiger partial charge in [-0.1, -0.05) is 15.9 Å². The van der Waals surface area contributed by atoms with Crippen LogP contribution >= 0.6 is 31.9 Å². The molecule has 1 aliphatic heterocycles. The summed E-state index contributed by atoms with van der Waals surface area (Å²) in [5, 5.41) is 5.52. The maximum absolute atomic E-state index is 4.45. The maximum atomic E-state index is 4.45. The zero-order valence-corrected chi connectivity index (χ0v) is 14.2. The SMILES string of the molecule is Cc1nn(C)c(CN2CCN(CCBr)CC2)c1Br. The number of hydrogen-bond donors (Lipinski definition) is 0. The Morgan fingerprint density at radius 1 is 1.17 bits per heavy atom. The lowest BCUT2D eigenvalue weighted by Gasteiger charge is -2.34. The van der Waals surface area contributed by atoms with Crippen molar-refractivity contribution in [1.29, 1.82) is 0 Å². The monoisotopic (exact) mass is 378 g/mol. The van der Waals surface area contributed by atoms with E-state index in [9.17, 15) is 0 Å². The molecule has 0 bridgehead atoms. The third-order valence-corrected chi connectivity index (χ3v) is 4.89. The molecular formula is C12H20Br2N4. The van der Waals surface area contributed by atoms with Crippen molar-refractivity contribution in [3.05, 3.63) is 15.9 Å². The minimum atomic E-state index is 0.986. The molecule has 1 saturated heterocycles. The first-order valence-electron chi connectivity index (χ1n) is 6.30. The van der Waals surface area contributed by atoms with Crippen LogP contribution in [-0.2, 0) is 13.6 Å². The van der Waals surface area contributed by atoms with Crippen LogP contribution in [0.25, 0.3) is 0 Å². The van der Waals surface area contributed by atoms with Gasteiger partial charge in [-0.05, 0) is 22.9 Å². The summed E-state index contributed by atoms with van der Waals surface area (Å²) in [5.41, 5.74) is 2.35. The Morgan fingerprint density at radius 3 is 2.28 bits per heavy atom. The standard InChI is InChI=1S/C12H20Br2N4/c1-10-12(14)11(16(2)15-10)9-18-7-5-17(4-3-13)6-8-18/h3-9H2,1-2H3. The lowest BCUT2D eigenvalue weighted by Crippen LogP contribution is -2.46. The fourth-order valence-electron chi connectivity index (χ4n) is 2.35. The Morgan fingerprint density at radius 2 is 1.78 bits per heavy atom. The van der Waals surface area contributed by atoms with Gasteiger partial charge in [0.05, 0.1) is 15.9 Å². The second kappa shape index (κ2) is 6.50. The predicted octanol–water partition coefficient (Wildman–Crippen LogP) is 2.00. The van der Waals surface area contributed by atoms with Gasteiger partial charge in [0.2, 0.25) is 0 Å². The van der Waals surface area contributed by atoms with Crippen molar-refractivity contribution in [1.82, 2.24) is 19.6 Å². The first kappa shape index (κ1) is 14.5. The summed E-state index contributed by atoms with van der Waals surface area (Å²) in [5.74, 6) is 0. The molecule has 0 N–H and O–H groups in total. The first-order valence-corrected chi connectivity index (χ1v) is 8.22. The molecule has 1 aromatic heterocycles. The van der Waals surface area contributed by atoms with Crippen LogP contribution in [0.3, 0.4) is 0 Å². The fraction of sp³-hybridized carbons (Fsp3) is 0.750. The Balaban J connectivity index is 1.91. The van der Waals surface area contributed by atoms with Crippen LogP contribution < -0.4 is 0 Å². The van der Waals surface area contributed by atoms with Gasteiger partial charge in [0.1, 0.15) is 0 Å². The van der Waals surface area contributed by atoms with Gasteiger partial charge in [-0.15, -0.1) is 0 Å². The average molecular weight is 380 g/mol. The first-order chi connectivity index (χ1) is 8.61. The van der Waals surface area contributed by atoms with E-state index in [1.54, 1.807) is 0 Å². The van der Waals surface area contributed by atoms with E-state index in [0.717, 1.165) is 41.7 Å². The van der Waals surface area contributed by atoms with E-state index >= 15 is 0 Å². The van der Waals surface area contributed by atoms with Crippen LogP contribution in [0.15, 0.2) is 4.47 Å². The van der Waals surface area contributed by atoms with Gasteiger partial charge in [0, 0.05) is 51.6 Å². The van der Waals surface area contributed by atoms with Crippen LogP contribution in [0.2, 0.25) is 0 Å². The molecule has 2 heterocycles. The van der Waals surface area contributed by atoms with Crippen molar-refractivity contribution in [2.24, 2.45) is 7.05 Å². The Kier molecular flexibility index (Phi) is 5.24. The molecule has 1 fully saturated rings. The van der Waals surface area contributed by atoms with Gasteiger partial charge >= 0.3 is 0 Å². The van der Waals surface area contributed by atoms with E-state index in [0.29, 0.717) is 0 Å². The summed E-state index contributed by atoms with van der Waals surface area (Å²) in [6.45, 7) is 8.80. The summed E-state index contributed by atoms with van der Waals surface area (Å²) in [7, 11) is 2.02. The molecule has 6 heteroatoms. The summed E-state index contributed by atoms with van der Waals surface area (Å²) in [6.07, 6.45) is 0. The van der Waals surface area contributed by atoms with Gasteiger partial charge in [0.25, 0.3) is 0 Å². The molecule has 4 nitrogen and oxygen atoms in total. The van der Waals surface area contributed by atoms with E-state index in [4.69, 9.17) is 0 Å². The molecule has 0 amide bonds. The van der Waals surface area contributed by atoms with Crippen LogP contribution in [0, 0.1) is 6.92 Å². The number of hydrogen-bond acceptors (Lipinski definition) is 3. The summed E-state index contributed by atoms with van der Waals surface area (Å²) >= 11 is 7.14. The van der Waals surface area contributed by atoms with E-state index < -0.39 is 0 Å². The summed E-state index contributed by atoms with van der Waals surface area (Å²) in [4.78, 5) is 5.01. The molecule has 1 aliphatic rings. The molecule has 0 aliphatic carbocycles. The largest absolute Gasteiger partial charge is 0.300 e. The number of rotatable bonds is 4. The Bertz CT molecular complexity index is 397. The molecule has 0 aromatic carbocycles. The van der Waals surface area contributed by atoms with Crippen molar-refractivity contribution in [3.8, 4) is 0 Å². The quantitative estimate of drug-likeness (QED) is 0.748. The zero-order valence-electron chi connectivity index (χ0n) is 11.0. The number of aryl methyl sites for hydroxylation is 2. The van der Waals surface area contributed by atoms with Crippen molar-refractivity contribution >= 4 is 31.9 Å². The van der Waals surface area contributed by atoms with Crippen molar-refractivity contribution in [2.75, 3.05) is 38.1 Å². The second-order valence-corrected chi connectivity index (χ2v) is 6.36. The fourth-order valence-corrected chi connectivity index (χ4v) is 3.32. The van der Waals surface area contributed by atoms with Gasteiger partial charge in [-0.2, -0.15) is 5.10 Å². The molecule has 0 unspecified atom stereocenters. The molecule has 1 aromatic rings. The highest BCUT2D eigenvalue weighted by atomic mass is 79.9. The third kappa shape index (κ3) is 3.35. The van der Waals surface area contributed by atoms with Gasteiger partial charge in [-0.3, -0.25) is 14.5 Å². The van der Waals surface area contributed by atoms with Crippen LogP contribution in [0.5, 0.6) is 0 Å². The zero-order chi connectivity index (χ0) is 13.1. The highest BCUT2D eigenvalue weighted by Crippen LogP contribution is 2.22. The lowest BCUT2D eigenvalue weighted by atomic mass is 10.3. The molecule has 0 spiro atoms. The minimum Gasteiger partial charge on any atom is -0.300 e. The van der Waals surface area contributed by atoms with Gasteiger partial charge < -0.3 is 0 Å². The normalized spacial score (nSPS) is 18.4. The molecule has 0 saturated carbocycles. The van der Waals surface area contributed by atoms with Crippen molar-refractivity contribution in [3.63, 3.8) is 0 Å². The number of aromatic nitrogens is 2. The maximum Gasteiger partial charge on any atom is 0.0739 e. The van der Waals surface area contributed by atoms with Gasteiger partial charge in [0.15, 0.2) is 0 Å². The number of halogens is 2. The number of piperazine rings is 1. The van der Waals surface area contributed by atoms with E-state index in [1.165, 1.54) is 18.8 Å². The number of nitrogens with zero attached hydrogens (tertiary/aromatic N) is 4. The minimum absolute atomic E-state index is 0.986. The Labute approximate surface area is 126 Å². The predicted molar refractivity (Wildman–Crippen MR) is 81.2 cm³/mol. The van der Waals surface area contributed by atoms with E-state index in [1.807, 2.05) is 18.7 Å². The molecule has 0 atom stereocenters. The third-order valence-electron chi connectivity index (χ3n) is 3.50. The van der Waals surface area contributed by atoms with E-state index in [2.05, 4.69) is 46.8 Å². The highest BCUT2D eigenvalue weighted by Gasteiger charge is 2.19. The molecule has 102 valence electrons. The topological polar surface area (TPSA) is 24.3 Å². The average Bonchev–Trinajstić information content (AvgIpc) is 2.59. The number of alkyl halides is 1. The second-order valence-electron chi connectivity index (χ2n) is 4.78. The molecule has 2 rings (SSSR count). The Hall–Kier alpha value is 0.0900. The summed E-state index contributed by atoms with van der Waals surface area (Å²) in [6, 6.07) is 0.